The van der Waals surface area contributed by atoms with Crippen LogP contribution in [0.4, 0.5) is 0 Å². The van der Waals surface area contributed by atoms with Gasteiger partial charge >= 0.3 is 0 Å². The summed E-state index contributed by atoms with van der Waals surface area (Å²) in [5.41, 5.74) is 5.67. The average molecular weight is 627 g/mol. The lowest BCUT2D eigenvalue weighted by atomic mass is 9.98. The molecule has 1 fully saturated rings. The van der Waals surface area contributed by atoms with Crippen molar-refractivity contribution in [3.8, 4) is 0 Å². The lowest BCUT2D eigenvalue weighted by Crippen LogP contribution is -2.32. The van der Waals surface area contributed by atoms with Crippen molar-refractivity contribution in [2.75, 3.05) is 6.61 Å². The summed E-state index contributed by atoms with van der Waals surface area (Å²) in [6, 6.07) is 0. The third kappa shape index (κ3) is 26.1. The van der Waals surface area contributed by atoms with Gasteiger partial charge in [0.15, 0.2) is 5.79 Å². The molecule has 1 aliphatic rings. The van der Waals surface area contributed by atoms with Crippen molar-refractivity contribution >= 4 is 5.84 Å². The first kappa shape index (κ1) is 41.4. The maximum absolute atomic E-state index is 7.68. The SMILES string of the molecule is CCCCCC=CCC=CCCCCCCCCC1(CCCCCCCCC=CCC=CCCCCC)OCC(CC(=N)N)O1. The predicted molar refractivity (Wildman–Crippen MR) is 198 cm³/mol. The second-order valence-corrected chi connectivity index (χ2v) is 13.4. The summed E-state index contributed by atoms with van der Waals surface area (Å²) in [7, 11) is 0. The van der Waals surface area contributed by atoms with Gasteiger partial charge < -0.3 is 15.2 Å². The molecule has 260 valence electrons. The molecule has 0 spiro atoms. The van der Waals surface area contributed by atoms with Gasteiger partial charge in [0.2, 0.25) is 0 Å². The molecular weight excluding hydrogens is 552 g/mol. The zero-order valence-electron chi connectivity index (χ0n) is 29.9. The van der Waals surface area contributed by atoms with Crippen molar-refractivity contribution in [2.45, 2.75) is 199 Å². The highest BCUT2D eigenvalue weighted by atomic mass is 16.7. The highest BCUT2D eigenvalue weighted by Gasteiger charge is 2.40. The number of amidine groups is 1. The van der Waals surface area contributed by atoms with Crippen LogP contribution in [-0.4, -0.2) is 24.3 Å². The Morgan fingerprint density at radius 3 is 1.36 bits per heavy atom. The molecule has 1 heterocycles. The van der Waals surface area contributed by atoms with Gasteiger partial charge in [-0.25, -0.2) is 0 Å². The van der Waals surface area contributed by atoms with Gasteiger partial charge in [-0.05, 0) is 77.0 Å². The van der Waals surface area contributed by atoms with Crippen molar-refractivity contribution in [1.29, 1.82) is 5.41 Å². The summed E-state index contributed by atoms with van der Waals surface area (Å²) in [5, 5.41) is 7.68. The van der Waals surface area contributed by atoms with Gasteiger partial charge in [0.1, 0.15) is 0 Å². The average Bonchev–Trinajstić information content (AvgIpc) is 3.42. The number of nitrogens with two attached hydrogens (primary N) is 1. The first-order valence-corrected chi connectivity index (χ1v) is 19.4. The molecule has 0 aliphatic carbocycles. The highest BCUT2D eigenvalue weighted by molar-refractivity contribution is 5.77. The van der Waals surface area contributed by atoms with Gasteiger partial charge in [0, 0.05) is 19.3 Å². The molecule has 45 heavy (non-hydrogen) atoms. The molecule has 1 atom stereocenters. The second kappa shape index (κ2) is 31.0. The minimum Gasteiger partial charge on any atom is -0.388 e. The van der Waals surface area contributed by atoms with E-state index in [4.69, 9.17) is 20.6 Å². The topological polar surface area (TPSA) is 68.3 Å². The zero-order valence-corrected chi connectivity index (χ0v) is 29.9. The van der Waals surface area contributed by atoms with Gasteiger partial charge in [0.05, 0.1) is 18.5 Å². The van der Waals surface area contributed by atoms with E-state index in [2.05, 4.69) is 62.5 Å². The smallest absolute Gasteiger partial charge is 0.168 e. The van der Waals surface area contributed by atoms with E-state index in [0.717, 1.165) is 38.5 Å². The van der Waals surface area contributed by atoms with E-state index in [0.29, 0.717) is 13.0 Å². The maximum atomic E-state index is 7.68. The molecule has 0 radical (unpaired) electrons. The summed E-state index contributed by atoms with van der Waals surface area (Å²) in [6.07, 6.45) is 51.3. The Morgan fingerprint density at radius 2 is 0.956 bits per heavy atom. The summed E-state index contributed by atoms with van der Waals surface area (Å²) in [4.78, 5) is 0. The third-order valence-electron chi connectivity index (χ3n) is 8.88. The molecule has 1 unspecified atom stereocenters. The minimum atomic E-state index is -0.454. The predicted octanol–water partition coefficient (Wildman–Crippen LogP) is 12.8. The molecule has 4 nitrogen and oxygen atoms in total. The van der Waals surface area contributed by atoms with Crippen LogP contribution < -0.4 is 5.73 Å². The number of hydrogen-bond acceptors (Lipinski definition) is 3. The van der Waals surface area contributed by atoms with E-state index in [9.17, 15) is 0 Å². The molecule has 1 saturated heterocycles. The molecule has 0 aromatic heterocycles. The Morgan fingerprint density at radius 1 is 0.578 bits per heavy atom. The number of nitrogens with one attached hydrogen (secondary N) is 1. The first-order valence-electron chi connectivity index (χ1n) is 19.4. The molecule has 3 N–H and O–H groups in total. The van der Waals surface area contributed by atoms with Crippen LogP contribution in [0.1, 0.15) is 187 Å². The van der Waals surface area contributed by atoms with E-state index in [1.165, 1.54) is 128 Å². The number of hydrogen-bond donors (Lipinski definition) is 2. The van der Waals surface area contributed by atoms with Crippen LogP contribution in [0.2, 0.25) is 0 Å². The Bertz CT molecular complexity index is 736. The van der Waals surface area contributed by atoms with Crippen molar-refractivity contribution in [2.24, 2.45) is 5.73 Å². The van der Waals surface area contributed by atoms with Crippen LogP contribution in [0.5, 0.6) is 0 Å². The summed E-state index contributed by atoms with van der Waals surface area (Å²) >= 11 is 0. The van der Waals surface area contributed by atoms with E-state index in [-0.39, 0.29) is 11.9 Å². The van der Waals surface area contributed by atoms with Crippen LogP contribution in [-0.2, 0) is 9.47 Å². The van der Waals surface area contributed by atoms with Crippen LogP contribution in [0.15, 0.2) is 48.6 Å². The summed E-state index contributed by atoms with van der Waals surface area (Å²) in [5.74, 6) is -0.258. The van der Waals surface area contributed by atoms with Gasteiger partial charge in [-0.3, -0.25) is 5.41 Å². The summed E-state index contributed by atoms with van der Waals surface area (Å²) < 4.78 is 12.7. The lowest BCUT2D eigenvalue weighted by Gasteiger charge is -2.28. The molecule has 0 bridgehead atoms. The van der Waals surface area contributed by atoms with Crippen LogP contribution in [0.25, 0.3) is 0 Å². The lowest BCUT2D eigenvalue weighted by molar-refractivity contribution is -0.178. The number of unbranched alkanes of at least 4 members (excludes halogenated alkanes) is 18. The second-order valence-electron chi connectivity index (χ2n) is 13.4. The standard InChI is InChI=1S/C41H74N2O2/c1-3-5-7-9-11-13-15-17-19-21-23-25-27-29-31-33-35-41(44-38-39(45-41)37-40(42)43)36-34-32-30-28-26-24-22-20-18-16-14-12-10-8-6-4-2/h11-14,17-20,39H,3-10,15-16,21-38H2,1-2H3,(H3,42,43). The molecule has 1 rings (SSSR count). The zero-order chi connectivity index (χ0) is 32.5. The largest absolute Gasteiger partial charge is 0.388 e. The Kier molecular flexibility index (Phi) is 28.5. The van der Waals surface area contributed by atoms with Crippen molar-refractivity contribution in [3.63, 3.8) is 0 Å². The molecule has 0 amide bonds. The Balaban J connectivity index is 2.13. The van der Waals surface area contributed by atoms with Crippen LogP contribution in [0.3, 0.4) is 0 Å². The highest BCUT2D eigenvalue weighted by Crippen LogP contribution is 2.35. The number of allylic oxidation sites excluding steroid dienone is 8. The maximum Gasteiger partial charge on any atom is 0.168 e. The minimum absolute atomic E-state index is 0.0586. The van der Waals surface area contributed by atoms with Crippen molar-refractivity contribution < 1.29 is 9.47 Å². The summed E-state index contributed by atoms with van der Waals surface area (Å²) in [6.45, 7) is 5.09. The Hall–Kier alpha value is -1.65. The van der Waals surface area contributed by atoms with Crippen LogP contribution in [0, 0.1) is 5.41 Å². The number of rotatable bonds is 32. The first-order chi connectivity index (χ1) is 22.1. The monoisotopic (exact) mass is 627 g/mol. The van der Waals surface area contributed by atoms with Gasteiger partial charge in [-0.15, -0.1) is 0 Å². The fourth-order valence-corrected chi connectivity index (χ4v) is 6.11. The molecular formula is C41H74N2O2. The fraction of sp³-hybridized carbons (Fsp3) is 0.780. The molecule has 4 heteroatoms. The molecule has 0 saturated carbocycles. The molecule has 0 aromatic rings. The van der Waals surface area contributed by atoms with Gasteiger partial charge in [-0.1, -0.05) is 140 Å². The molecule has 0 aromatic carbocycles. The third-order valence-corrected chi connectivity index (χ3v) is 8.88. The van der Waals surface area contributed by atoms with E-state index >= 15 is 0 Å². The van der Waals surface area contributed by atoms with Gasteiger partial charge in [0.25, 0.3) is 0 Å². The van der Waals surface area contributed by atoms with Crippen molar-refractivity contribution in [1.82, 2.24) is 0 Å². The Labute approximate surface area is 280 Å². The van der Waals surface area contributed by atoms with E-state index in [1.54, 1.807) is 0 Å². The van der Waals surface area contributed by atoms with Crippen LogP contribution >= 0.6 is 0 Å². The van der Waals surface area contributed by atoms with Gasteiger partial charge in [-0.2, -0.15) is 0 Å². The molecule has 1 aliphatic heterocycles. The van der Waals surface area contributed by atoms with E-state index < -0.39 is 5.79 Å². The fourth-order valence-electron chi connectivity index (χ4n) is 6.11. The van der Waals surface area contributed by atoms with E-state index in [1.807, 2.05) is 0 Å². The normalized spacial score (nSPS) is 18.9. The number of ether oxygens (including phenoxy) is 2. The van der Waals surface area contributed by atoms with Crippen molar-refractivity contribution in [3.05, 3.63) is 48.6 Å². The quantitative estimate of drug-likeness (QED) is 0.0338.